The Labute approximate surface area is 93.2 Å². The second-order valence-corrected chi connectivity index (χ2v) is 3.66. The Balaban J connectivity index is 3.02. The van der Waals surface area contributed by atoms with E-state index in [9.17, 15) is 13.2 Å². The van der Waals surface area contributed by atoms with Crippen LogP contribution in [0.5, 0.6) is 5.75 Å². The zero-order valence-electron chi connectivity index (χ0n) is 9.27. The molecule has 0 aliphatic carbocycles. The van der Waals surface area contributed by atoms with Crippen molar-refractivity contribution in [3.05, 3.63) is 36.2 Å². The zero-order chi connectivity index (χ0) is 12.3. The van der Waals surface area contributed by atoms with Crippen LogP contribution in [-0.2, 0) is 6.42 Å². The van der Waals surface area contributed by atoms with Gasteiger partial charge in [-0.2, -0.15) is 0 Å². The largest absolute Gasteiger partial charge is 0.573 e. The molecule has 0 N–H and O–H groups in total. The number of hydrogen-bond donors (Lipinski definition) is 0. The third-order valence-electron chi connectivity index (χ3n) is 2.26. The first-order valence-corrected chi connectivity index (χ1v) is 5.05. The van der Waals surface area contributed by atoms with Crippen LogP contribution in [0.3, 0.4) is 0 Å². The van der Waals surface area contributed by atoms with E-state index in [1.54, 1.807) is 6.07 Å². The Morgan fingerprint density at radius 1 is 1.38 bits per heavy atom. The van der Waals surface area contributed by atoms with Crippen molar-refractivity contribution in [3.63, 3.8) is 0 Å². The number of hydrogen-bond acceptors (Lipinski definition) is 1. The van der Waals surface area contributed by atoms with Gasteiger partial charge in [0.2, 0.25) is 0 Å². The molecule has 0 fully saturated rings. The van der Waals surface area contributed by atoms with E-state index in [1.807, 2.05) is 13.8 Å². The molecule has 4 heteroatoms. The minimum atomic E-state index is -4.64. The van der Waals surface area contributed by atoms with E-state index in [4.69, 9.17) is 0 Å². The molecule has 0 aliphatic rings. The summed E-state index contributed by atoms with van der Waals surface area (Å²) in [5.41, 5.74) is 1.79. The fraction of sp³-hybridized carbons (Fsp3) is 0.417. The number of rotatable bonds is 3. The normalized spacial score (nSPS) is 11.9. The summed E-state index contributed by atoms with van der Waals surface area (Å²) in [6.45, 7) is 7.61. The number of alkyl halides is 3. The Hall–Kier alpha value is -1.19. The van der Waals surface area contributed by atoms with Crippen molar-refractivity contribution in [2.45, 2.75) is 32.5 Å². The Morgan fingerprint density at radius 3 is 2.44 bits per heavy atom. The highest BCUT2D eigenvalue weighted by molar-refractivity contribution is 5.38. The van der Waals surface area contributed by atoms with Crippen molar-refractivity contribution in [2.75, 3.05) is 0 Å². The maximum atomic E-state index is 12.0. The number of aryl methyl sites for hydroxylation is 1. The number of benzene rings is 1. The van der Waals surface area contributed by atoms with E-state index in [1.165, 1.54) is 12.1 Å². The summed E-state index contributed by atoms with van der Waals surface area (Å²) in [7, 11) is 0. The van der Waals surface area contributed by atoms with Crippen LogP contribution >= 0.6 is 0 Å². The molecular weight excluding hydrogens is 217 g/mol. The van der Waals surface area contributed by atoms with Crippen molar-refractivity contribution in [2.24, 2.45) is 0 Å². The van der Waals surface area contributed by atoms with E-state index in [-0.39, 0.29) is 11.7 Å². The fourth-order valence-corrected chi connectivity index (χ4v) is 1.55. The molecule has 0 heterocycles. The molecule has 1 aromatic carbocycles. The third kappa shape index (κ3) is 3.43. The lowest BCUT2D eigenvalue weighted by molar-refractivity contribution is -0.274. The quantitative estimate of drug-likeness (QED) is 0.761. The smallest absolute Gasteiger partial charge is 0.406 e. The van der Waals surface area contributed by atoms with Gasteiger partial charge in [0.1, 0.15) is 5.75 Å². The van der Waals surface area contributed by atoms with Gasteiger partial charge in [-0.15, -0.1) is 13.2 Å². The van der Waals surface area contributed by atoms with Crippen molar-refractivity contribution in [3.8, 4) is 5.75 Å². The number of ether oxygens (including phenoxy) is 1. The average Bonchev–Trinajstić information content (AvgIpc) is 2.15. The first kappa shape index (κ1) is 12.9. The molecule has 0 aromatic heterocycles. The SMILES string of the molecule is [CH2]C(C)c1cc(OC(F)(F)F)ccc1CC. The average molecular weight is 231 g/mol. The zero-order valence-corrected chi connectivity index (χ0v) is 9.27. The second-order valence-electron chi connectivity index (χ2n) is 3.66. The molecule has 0 bridgehead atoms. The molecule has 0 saturated carbocycles. The Morgan fingerprint density at radius 2 is 2.00 bits per heavy atom. The minimum absolute atomic E-state index is 0.0632. The van der Waals surface area contributed by atoms with Gasteiger partial charge >= 0.3 is 6.36 Å². The molecule has 89 valence electrons. The summed E-state index contributed by atoms with van der Waals surface area (Å²) in [5.74, 6) is -0.248. The van der Waals surface area contributed by atoms with Crippen LogP contribution in [0.15, 0.2) is 18.2 Å². The van der Waals surface area contributed by atoms with E-state index >= 15 is 0 Å². The van der Waals surface area contributed by atoms with Gasteiger partial charge in [0.05, 0.1) is 0 Å². The standard InChI is InChI=1S/C12H14F3O/c1-4-9-5-6-10(16-12(13,14)15)7-11(9)8(2)3/h5-8H,2,4H2,1,3H3. The van der Waals surface area contributed by atoms with Crippen LogP contribution in [0.2, 0.25) is 0 Å². The lowest BCUT2D eigenvalue weighted by Gasteiger charge is -2.15. The van der Waals surface area contributed by atoms with Gasteiger partial charge in [0.25, 0.3) is 0 Å². The maximum absolute atomic E-state index is 12.0. The first-order valence-electron chi connectivity index (χ1n) is 5.05. The van der Waals surface area contributed by atoms with Crippen LogP contribution in [0.25, 0.3) is 0 Å². The van der Waals surface area contributed by atoms with Crippen LogP contribution in [0.1, 0.15) is 30.9 Å². The van der Waals surface area contributed by atoms with Crippen LogP contribution in [-0.4, -0.2) is 6.36 Å². The van der Waals surface area contributed by atoms with Crippen LogP contribution in [0.4, 0.5) is 13.2 Å². The number of halogens is 3. The Kier molecular flexibility index (Phi) is 3.83. The summed E-state index contributed by atoms with van der Waals surface area (Å²) in [5, 5.41) is 0. The molecule has 0 saturated heterocycles. The first-order chi connectivity index (χ1) is 7.33. The van der Waals surface area contributed by atoms with Gasteiger partial charge in [-0.3, -0.25) is 0 Å². The fourth-order valence-electron chi connectivity index (χ4n) is 1.55. The van der Waals surface area contributed by atoms with E-state index in [0.29, 0.717) is 0 Å². The summed E-state index contributed by atoms with van der Waals surface area (Å²) in [6, 6.07) is 4.39. The van der Waals surface area contributed by atoms with E-state index in [2.05, 4.69) is 11.7 Å². The van der Waals surface area contributed by atoms with Gasteiger partial charge in [0.15, 0.2) is 0 Å². The molecule has 1 unspecified atom stereocenters. The van der Waals surface area contributed by atoms with Gasteiger partial charge in [-0.1, -0.05) is 19.9 Å². The lowest BCUT2D eigenvalue weighted by Crippen LogP contribution is -2.17. The summed E-state index contributed by atoms with van der Waals surface area (Å²) in [6.07, 6.45) is -3.88. The molecule has 1 radical (unpaired) electrons. The summed E-state index contributed by atoms with van der Waals surface area (Å²) >= 11 is 0. The Bertz CT molecular complexity index is 356. The van der Waals surface area contributed by atoms with Crippen LogP contribution in [0, 0.1) is 6.92 Å². The predicted molar refractivity (Wildman–Crippen MR) is 56.3 cm³/mol. The molecule has 0 amide bonds. The second kappa shape index (κ2) is 4.76. The molecule has 1 aromatic rings. The monoisotopic (exact) mass is 231 g/mol. The molecular formula is C12H14F3O. The van der Waals surface area contributed by atoms with Crippen molar-refractivity contribution < 1.29 is 17.9 Å². The van der Waals surface area contributed by atoms with Crippen LogP contribution < -0.4 is 4.74 Å². The highest BCUT2D eigenvalue weighted by Crippen LogP contribution is 2.28. The molecule has 0 aliphatic heterocycles. The topological polar surface area (TPSA) is 9.23 Å². The predicted octanol–water partition coefficient (Wildman–Crippen LogP) is 4.09. The summed E-state index contributed by atoms with van der Waals surface area (Å²) in [4.78, 5) is 0. The van der Waals surface area contributed by atoms with Gasteiger partial charge < -0.3 is 4.74 Å². The molecule has 1 nitrogen and oxygen atoms in total. The third-order valence-corrected chi connectivity index (χ3v) is 2.26. The molecule has 0 spiro atoms. The van der Waals surface area contributed by atoms with Gasteiger partial charge in [-0.25, -0.2) is 0 Å². The van der Waals surface area contributed by atoms with Gasteiger partial charge in [-0.05, 0) is 42.5 Å². The highest BCUT2D eigenvalue weighted by Gasteiger charge is 2.31. The van der Waals surface area contributed by atoms with E-state index < -0.39 is 6.36 Å². The molecule has 1 atom stereocenters. The lowest BCUT2D eigenvalue weighted by atomic mass is 9.95. The summed E-state index contributed by atoms with van der Waals surface area (Å²) < 4.78 is 39.9. The molecule has 1 rings (SSSR count). The maximum Gasteiger partial charge on any atom is 0.573 e. The van der Waals surface area contributed by atoms with E-state index in [0.717, 1.165) is 17.5 Å². The van der Waals surface area contributed by atoms with Crippen molar-refractivity contribution in [1.82, 2.24) is 0 Å². The van der Waals surface area contributed by atoms with Crippen molar-refractivity contribution in [1.29, 1.82) is 0 Å². The minimum Gasteiger partial charge on any atom is -0.406 e. The molecule has 16 heavy (non-hydrogen) atoms. The van der Waals surface area contributed by atoms with Crippen molar-refractivity contribution >= 4 is 0 Å². The highest BCUT2D eigenvalue weighted by atomic mass is 19.4. The van der Waals surface area contributed by atoms with Gasteiger partial charge in [0, 0.05) is 0 Å².